The number of amides is 1. The van der Waals surface area contributed by atoms with Crippen LogP contribution in [0.15, 0.2) is 29.2 Å². The first-order valence-electron chi connectivity index (χ1n) is 10.8. The zero-order valence-electron chi connectivity index (χ0n) is 18.3. The number of carbonyl (C=O) groups is 1. The normalized spacial score (nSPS) is 30.2. The highest BCUT2D eigenvalue weighted by molar-refractivity contribution is 7.89. The van der Waals surface area contributed by atoms with Gasteiger partial charge in [-0.1, -0.05) is 26.8 Å². The zero-order valence-corrected chi connectivity index (χ0v) is 19.1. The van der Waals surface area contributed by atoms with Crippen LogP contribution in [0.4, 0.5) is 0 Å². The van der Waals surface area contributed by atoms with Gasteiger partial charge in [0, 0.05) is 31.2 Å². The number of hydrogen-bond acceptors (Lipinski definition) is 3. The molecular weight excluding hydrogens is 384 g/mol. The molecule has 2 aliphatic carbocycles. The summed E-state index contributed by atoms with van der Waals surface area (Å²) in [5, 5.41) is 0. The summed E-state index contributed by atoms with van der Waals surface area (Å²) in [6.45, 7) is 9.33. The lowest BCUT2D eigenvalue weighted by molar-refractivity contribution is 0.0727. The lowest BCUT2D eigenvalue weighted by atomic mass is 9.65. The Morgan fingerprint density at radius 1 is 1.21 bits per heavy atom. The minimum absolute atomic E-state index is 0.0346. The van der Waals surface area contributed by atoms with Crippen LogP contribution in [-0.2, 0) is 10.0 Å². The van der Waals surface area contributed by atoms with Crippen molar-refractivity contribution in [3.8, 4) is 0 Å². The predicted molar refractivity (Wildman–Crippen MR) is 114 cm³/mol. The first-order chi connectivity index (χ1) is 13.4. The summed E-state index contributed by atoms with van der Waals surface area (Å²) in [6, 6.07) is 6.86. The molecule has 1 heterocycles. The molecule has 4 rings (SSSR count). The standard InChI is InChI=1S/C23H34N2O3S/c1-16(17-9-10-17)24(5)21(26)18-7-6-8-20(11-18)29(27,28)25-15-23(4)13-19(25)12-22(2,3)14-23/h6-8,11,16-17,19H,9-10,12-15H2,1-5H3. The van der Waals surface area contributed by atoms with Gasteiger partial charge in [-0.05, 0) is 74.0 Å². The van der Waals surface area contributed by atoms with Crippen molar-refractivity contribution in [2.45, 2.75) is 76.8 Å². The molecule has 0 radical (unpaired) electrons. The third kappa shape index (κ3) is 3.86. The molecule has 1 saturated heterocycles. The molecule has 6 heteroatoms. The average Bonchev–Trinajstić information content (AvgIpc) is 3.44. The Labute approximate surface area is 175 Å². The van der Waals surface area contributed by atoms with Crippen LogP contribution in [0.25, 0.3) is 0 Å². The van der Waals surface area contributed by atoms with E-state index in [1.807, 2.05) is 7.05 Å². The number of carbonyl (C=O) groups excluding carboxylic acids is 1. The van der Waals surface area contributed by atoms with E-state index in [2.05, 4.69) is 27.7 Å². The molecule has 3 aliphatic rings. The van der Waals surface area contributed by atoms with Crippen molar-refractivity contribution in [2.75, 3.05) is 13.6 Å². The molecule has 0 spiro atoms. The fourth-order valence-corrected chi connectivity index (χ4v) is 7.72. The topological polar surface area (TPSA) is 57.7 Å². The van der Waals surface area contributed by atoms with Crippen LogP contribution < -0.4 is 0 Å². The maximum atomic E-state index is 13.5. The highest BCUT2D eigenvalue weighted by Gasteiger charge is 2.53. The van der Waals surface area contributed by atoms with Crippen molar-refractivity contribution >= 4 is 15.9 Å². The molecule has 1 amide bonds. The molecular formula is C23H34N2O3S. The maximum Gasteiger partial charge on any atom is 0.253 e. The number of sulfonamides is 1. The van der Waals surface area contributed by atoms with E-state index < -0.39 is 10.0 Å². The van der Waals surface area contributed by atoms with Gasteiger partial charge in [0.25, 0.3) is 5.91 Å². The third-order valence-corrected chi connectivity index (χ3v) is 9.18. The predicted octanol–water partition coefficient (Wildman–Crippen LogP) is 4.15. The van der Waals surface area contributed by atoms with Crippen molar-refractivity contribution in [3.05, 3.63) is 29.8 Å². The monoisotopic (exact) mass is 418 g/mol. The summed E-state index contributed by atoms with van der Waals surface area (Å²) in [7, 11) is -1.81. The van der Waals surface area contributed by atoms with Crippen LogP contribution in [0.3, 0.4) is 0 Å². The quantitative estimate of drug-likeness (QED) is 0.722. The van der Waals surface area contributed by atoms with Gasteiger partial charge < -0.3 is 4.90 Å². The molecule has 0 N–H and O–H groups in total. The highest BCUT2D eigenvalue weighted by atomic mass is 32.2. The summed E-state index contributed by atoms with van der Waals surface area (Å²) in [5.41, 5.74) is 0.642. The van der Waals surface area contributed by atoms with Crippen LogP contribution >= 0.6 is 0 Å². The van der Waals surface area contributed by atoms with Crippen molar-refractivity contribution < 1.29 is 13.2 Å². The fraction of sp³-hybridized carbons (Fsp3) is 0.696. The van der Waals surface area contributed by atoms with Gasteiger partial charge in [0.15, 0.2) is 0 Å². The Bertz CT molecular complexity index is 922. The van der Waals surface area contributed by atoms with Gasteiger partial charge in [0.1, 0.15) is 0 Å². The molecule has 1 aliphatic heterocycles. The maximum absolute atomic E-state index is 13.5. The number of fused-ring (bicyclic) bond motifs is 2. The first-order valence-corrected chi connectivity index (χ1v) is 12.3. The molecule has 2 saturated carbocycles. The second-order valence-corrected chi connectivity index (χ2v) is 12.7. The number of nitrogens with zero attached hydrogens (tertiary/aromatic N) is 2. The smallest absolute Gasteiger partial charge is 0.253 e. The summed E-state index contributed by atoms with van der Waals surface area (Å²) < 4.78 is 28.8. The van der Waals surface area contributed by atoms with Crippen molar-refractivity contribution in [3.63, 3.8) is 0 Å². The number of benzene rings is 1. The van der Waals surface area contributed by atoms with E-state index in [1.54, 1.807) is 33.5 Å². The minimum atomic E-state index is -3.62. The summed E-state index contributed by atoms with van der Waals surface area (Å²) in [6.07, 6.45) is 5.19. The summed E-state index contributed by atoms with van der Waals surface area (Å²) in [4.78, 5) is 15.0. The Balaban J connectivity index is 1.60. The van der Waals surface area contributed by atoms with Gasteiger partial charge in [0.05, 0.1) is 4.90 Å². The van der Waals surface area contributed by atoms with Crippen LogP contribution in [-0.4, -0.2) is 49.2 Å². The van der Waals surface area contributed by atoms with Gasteiger partial charge in [-0.15, -0.1) is 0 Å². The van der Waals surface area contributed by atoms with Gasteiger partial charge in [-0.2, -0.15) is 4.31 Å². The number of rotatable bonds is 5. The number of hydrogen-bond donors (Lipinski definition) is 0. The molecule has 0 aromatic heterocycles. The molecule has 1 aromatic carbocycles. The Morgan fingerprint density at radius 2 is 1.90 bits per heavy atom. The molecule has 1 aromatic rings. The van der Waals surface area contributed by atoms with E-state index in [4.69, 9.17) is 0 Å². The van der Waals surface area contributed by atoms with E-state index in [9.17, 15) is 13.2 Å². The van der Waals surface area contributed by atoms with Crippen molar-refractivity contribution in [1.29, 1.82) is 0 Å². The van der Waals surface area contributed by atoms with E-state index >= 15 is 0 Å². The van der Waals surface area contributed by atoms with E-state index in [0.29, 0.717) is 18.0 Å². The van der Waals surface area contributed by atoms with Gasteiger partial charge in [0.2, 0.25) is 10.0 Å². The van der Waals surface area contributed by atoms with Crippen LogP contribution in [0, 0.1) is 16.7 Å². The second kappa shape index (κ2) is 6.81. The Kier molecular flexibility index (Phi) is 4.90. The molecule has 3 fully saturated rings. The zero-order chi connectivity index (χ0) is 21.2. The molecule has 29 heavy (non-hydrogen) atoms. The molecule has 3 atom stereocenters. The summed E-state index contributed by atoms with van der Waals surface area (Å²) >= 11 is 0. The van der Waals surface area contributed by atoms with E-state index in [0.717, 1.165) is 19.3 Å². The molecule has 160 valence electrons. The van der Waals surface area contributed by atoms with E-state index in [1.165, 1.54) is 12.8 Å². The molecule has 5 nitrogen and oxygen atoms in total. The lowest BCUT2D eigenvalue weighted by Crippen LogP contribution is -2.38. The second-order valence-electron chi connectivity index (χ2n) is 10.8. The van der Waals surface area contributed by atoms with Gasteiger partial charge >= 0.3 is 0 Å². The van der Waals surface area contributed by atoms with Crippen LogP contribution in [0.2, 0.25) is 0 Å². The van der Waals surface area contributed by atoms with Crippen LogP contribution in [0.1, 0.15) is 70.2 Å². The first kappa shape index (κ1) is 20.9. The van der Waals surface area contributed by atoms with Gasteiger partial charge in [-0.3, -0.25) is 4.79 Å². The summed E-state index contributed by atoms with van der Waals surface area (Å²) in [5.74, 6) is 0.471. The van der Waals surface area contributed by atoms with Crippen molar-refractivity contribution in [1.82, 2.24) is 9.21 Å². The largest absolute Gasteiger partial charge is 0.339 e. The highest BCUT2D eigenvalue weighted by Crippen LogP contribution is 2.53. The lowest BCUT2D eigenvalue weighted by Gasteiger charge is -2.39. The molecule has 2 bridgehead atoms. The Hall–Kier alpha value is -1.40. The van der Waals surface area contributed by atoms with Crippen LogP contribution in [0.5, 0.6) is 0 Å². The Morgan fingerprint density at radius 3 is 2.55 bits per heavy atom. The van der Waals surface area contributed by atoms with Crippen molar-refractivity contribution in [2.24, 2.45) is 16.7 Å². The fourth-order valence-electron chi connectivity index (χ4n) is 5.90. The molecule has 3 unspecified atom stereocenters. The third-order valence-electron chi connectivity index (χ3n) is 7.29. The van der Waals surface area contributed by atoms with Gasteiger partial charge in [-0.25, -0.2) is 8.42 Å². The van der Waals surface area contributed by atoms with E-state index in [-0.39, 0.29) is 33.7 Å². The average molecular weight is 419 g/mol. The SMILES string of the molecule is CC(C1CC1)N(C)C(=O)c1cccc(S(=O)(=O)N2CC3(C)CC2CC(C)(C)C3)c1. The minimum Gasteiger partial charge on any atom is -0.339 e.